The van der Waals surface area contributed by atoms with E-state index in [1.54, 1.807) is 11.0 Å². The fourth-order valence-electron chi connectivity index (χ4n) is 1.77. The summed E-state index contributed by atoms with van der Waals surface area (Å²) in [5.41, 5.74) is 0. The Balaban J connectivity index is 2.04. The Morgan fingerprint density at radius 2 is 2.33 bits per heavy atom. The minimum Gasteiger partial charge on any atom is -0.438 e. The first kappa shape index (κ1) is 10.1. The molecule has 0 N–H and O–H groups in total. The molecule has 1 aromatic heterocycles. The number of rotatable bonds is 3. The van der Waals surface area contributed by atoms with Crippen LogP contribution in [0.3, 0.4) is 0 Å². The molecule has 0 spiro atoms. The lowest BCUT2D eigenvalue weighted by Crippen LogP contribution is -2.21. The van der Waals surface area contributed by atoms with E-state index >= 15 is 0 Å². The molecule has 0 bridgehead atoms. The minimum absolute atomic E-state index is 0.227. The highest BCUT2D eigenvalue weighted by molar-refractivity contribution is 5.71. The molecular formula is C10H11F2NO2. The van der Waals surface area contributed by atoms with Gasteiger partial charge in [-0.25, -0.2) is 8.78 Å². The van der Waals surface area contributed by atoms with Crippen molar-refractivity contribution in [2.45, 2.75) is 12.8 Å². The third kappa shape index (κ3) is 2.00. The summed E-state index contributed by atoms with van der Waals surface area (Å²) in [6.07, 6.45) is -1.21. The number of hydrogen-bond acceptors (Lipinski definition) is 3. The quantitative estimate of drug-likeness (QED) is 0.724. The van der Waals surface area contributed by atoms with Crippen molar-refractivity contribution in [2.24, 2.45) is 5.92 Å². The number of nitrogens with zero attached hydrogens (tertiary/aromatic N) is 1. The fraction of sp³-hybridized carbons (Fsp3) is 0.500. The van der Waals surface area contributed by atoms with Gasteiger partial charge >= 0.3 is 0 Å². The molecular weight excluding hydrogens is 204 g/mol. The van der Waals surface area contributed by atoms with Crippen molar-refractivity contribution in [1.82, 2.24) is 0 Å². The molecule has 1 aliphatic heterocycles. The molecule has 1 saturated heterocycles. The van der Waals surface area contributed by atoms with E-state index in [4.69, 9.17) is 4.42 Å². The number of halogens is 2. The first-order chi connectivity index (χ1) is 7.20. The highest BCUT2D eigenvalue weighted by atomic mass is 19.3. The third-order valence-electron chi connectivity index (χ3n) is 2.62. The lowest BCUT2D eigenvalue weighted by atomic mass is 10.1. The summed E-state index contributed by atoms with van der Waals surface area (Å²) in [4.78, 5) is 12.1. The molecule has 82 valence electrons. The molecule has 2 rings (SSSR count). The Labute approximate surface area is 85.7 Å². The summed E-state index contributed by atoms with van der Waals surface area (Å²) in [5, 5.41) is 0. The maximum absolute atomic E-state index is 12.4. The van der Waals surface area contributed by atoms with Crippen LogP contribution < -0.4 is 4.90 Å². The number of hydrogen-bond donors (Lipinski definition) is 0. The van der Waals surface area contributed by atoms with Crippen molar-refractivity contribution in [1.29, 1.82) is 0 Å². The van der Waals surface area contributed by atoms with Crippen LogP contribution in [0.15, 0.2) is 16.5 Å². The fourth-order valence-corrected chi connectivity index (χ4v) is 1.77. The lowest BCUT2D eigenvalue weighted by molar-refractivity contribution is 0.0878. The number of alkyl halides is 2. The van der Waals surface area contributed by atoms with Crippen molar-refractivity contribution < 1.29 is 18.0 Å². The summed E-state index contributed by atoms with van der Waals surface area (Å²) < 4.78 is 29.9. The molecule has 1 fully saturated rings. The Bertz CT molecular complexity index is 351. The molecule has 5 heteroatoms. The van der Waals surface area contributed by atoms with Crippen molar-refractivity contribution in [2.75, 3.05) is 18.0 Å². The molecule has 1 unspecified atom stereocenters. The Morgan fingerprint density at radius 3 is 2.87 bits per heavy atom. The van der Waals surface area contributed by atoms with E-state index in [0.29, 0.717) is 31.7 Å². The monoisotopic (exact) mass is 215 g/mol. The van der Waals surface area contributed by atoms with Gasteiger partial charge < -0.3 is 9.32 Å². The molecule has 0 amide bonds. The van der Waals surface area contributed by atoms with Gasteiger partial charge in [-0.15, -0.1) is 0 Å². The predicted molar refractivity (Wildman–Crippen MR) is 50.4 cm³/mol. The van der Waals surface area contributed by atoms with Gasteiger partial charge in [-0.3, -0.25) is 4.79 Å². The van der Waals surface area contributed by atoms with Gasteiger partial charge in [0.15, 0.2) is 17.9 Å². The first-order valence-corrected chi connectivity index (χ1v) is 4.79. The highest BCUT2D eigenvalue weighted by Crippen LogP contribution is 2.28. The maximum Gasteiger partial charge on any atom is 0.243 e. The standard InChI is InChI=1S/C10H11F2NO2/c11-10(12)7-3-4-13(5-7)9-2-1-8(6-14)15-9/h1-2,6-7,10H,3-5H2. The molecule has 3 nitrogen and oxygen atoms in total. The van der Waals surface area contributed by atoms with Crippen molar-refractivity contribution in [3.05, 3.63) is 17.9 Å². The van der Waals surface area contributed by atoms with E-state index in [0.717, 1.165) is 0 Å². The summed E-state index contributed by atoms with van der Waals surface area (Å²) in [7, 11) is 0. The zero-order chi connectivity index (χ0) is 10.8. The zero-order valence-corrected chi connectivity index (χ0v) is 8.03. The van der Waals surface area contributed by atoms with Crippen LogP contribution >= 0.6 is 0 Å². The van der Waals surface area contributed by atoms with Crippen molar-refractivity contribution in [3.63, 3.8) is 0 Å². The van der Waals surface area contributed by atoms with Gasteiger partial charge in [0.05, 0.1) is 0 Å². The zero-order valence-electron chi connectivity index (χ0n) is 8.03. The van der Waals surface area contributed by atoms with Gasteiger partial charge in [0, 0.05) is 25.1 Å². The summed E-state index contributed by atoms with van der Waals surface area (Å²) >= 11 is 0. The molecule has 2 heterocycles. The third-order valence-corrected chi connectivity index (χ3v) is 2.62. The molecule has 0 saturated carbocycles. The van der Waals surface area contributed by atoms with Crippen LogP contribution in [0.1, 0.15) is 17.0 Å². The van der Waals surface area contributed by atoms with E-state index in [2.05, 4.69) is 0 Å². The second kappa shape index (κ2) is 4.00. The van der Waals surface area contributed by atoms with E-state index in [1.165, 1.54) is 6.07 Å². The van der Waals surface area contributed by atoms with Gasteiger partial charge in [-0.05, 0) is 12.5 Å². The second-order valence-electron chi connectivity index (χ2n) is 3.62. The summed E-state index contributed by atoms with van der Waals surface area (Å²) in [6.45, 7) is 0.851. The topological polar surface area (TPSA) is 33.5 Å². The van der Waals surface area contributed by atoms with E-state index in [-0.39, 0.29) is 5.76 Å². The maximum atomic E-state index is 12.4. The first-order valence-electron chi connectivity index (χ1n) is 4.79. The Morgan fingerprint density at radius 1 is 1.53 bits per heavy atom. The average Bonchev–Trinajstić information content (AvgIpc) is 2.86. The number of anilines is 1. The average molecular weight is 215 g/mol. The van der Waals surface area contributed by atoms with Crippen LogP contribution in [0.2, 0.25) is 0 Å². The summed E-state index contributed by atoms with van der Waals surface area (Å²) in [5.74, 6) is 0.139. The van der Waals surface area contributed by atoms with Gasteiger partial charge in [-0.1, -0.05) is 0 Å². The van der Waals surface area contributed by atoms with Crippen LogP contribution in [0.5, 0.6) is 0 Å². The highest BCUT2D eigenvalue weighted by Gasteiger charge is 2.30. The van der Waals surface area contributed by atoms with Crippen molar-refractivity contribution >= 4 is 12.2 Å². The van der Waals surface area contributed by atoms with Gasteiger partial charge in [0.25, 0.3) is 0 Å². The smallest absolute Gasteiger partial charge is 0.243 e. The number of furan rings is 1. The number of carbonyl (C=O) groups is 1. The molecule has 0 aromatic carbocycles. The molecule has 15 heavy (non-hydrogen) atoms. The minimum atomic E-state index is -2.28. The van der Waals surface area contributed by atoms with Gasteiger partial charge in [-0.2, -0.15) is 0 Å². The lowest BCUT2D eigenvalue weighted by Gasteiger charge is -2.14. The predicted octanol–water partition coefficient (Wildman–Crippen LogP) is 2.18. The molecule has 1 aromatic rings. The largest absolute Gasteiger partial charge is 0.438 e. The molecule has 1 aliphatic rings. The van der Waals surface area contributed by atoms with Crippen LogP contribution in [0.25, 0.3) is 0 Å². The Kier molecular flexibility index (Phi) is 2.70. The van der Waals surface area contributed by atoms with E-state index < -0.39 is 12.3 Å². The van der Waals surface area contributed by atoms with Crippen LogP contribution in [0.4, 0.5) is 14.7 Å². The van der Waals surface area contributed by atoms with E-state index in [1.807, 2.05) is 0 Å². The van der Waals surface area contributed by atoms with Crippen LogP contribution in [0, 0.1) is 5.92 Å². The number of aldehydes is 1. The molecule has 1 atom stereocenters. The van der Waals surface area contributed by atoms with Gasteiger partial charge in [0.1, 0.15) is 0 Å². The second-order valence-corrected chi connectivity index (χ2v) is 3.62. The molecule has 0 aliphatic carbocycles. The Hall–Kier alpha value is -1.39. The van der Waals surface area contributed by atoms with Gasteiger partial charge in [0.2, 0.25) is 6.43 Å². The molecule has 0 radical (unpaired) electrons. The van der Waals surface area contributed by atoms with Crippen molar-refractivity contribution in [3.8, 4) is 0 Å². The normalized spacial score (nSPS) is 21.3. The van der Waals surface area contributed by atoms with Crippen LogP contribution in [-0.2, 0) is 0 Å². The SMILES string of the molecule is O=Cc1ccc(N2CCC(C(F)F)C2)o1. The van der Waals surface area contributed by atoms with Crippen LogP contribution in [-0.4, -0.2) is 25.8 Å². The number of carbonyl (C=O) groups excluding carboxylic acids is 1. The summed E-state index contributed by atoms with van der Waals surface area (Å²) in [6, 6.07) is 3.18. The van der Waals surface area contributed by atoms with E-state index in [9.17, 15) is 13.6 Å².